The molecular weight excluding hydrogens is 336 g/mol. The van der Waals surface area contributed by atoms with Crippen LogP contribution in [0.15, 0.2) is 58.5 Å². The van der Waals surface area contributed by atoms with Gasteiger partial charge in [0.05, 0.1) is 17.2 Å². The number of halogens is 1. The Labute approximate surface area is 141 Å². The number of ether oxygens (including phenoxy) is 1. The first-order chi connectivity index (χ1) is 10.9. The first kappa shape index (κ1) is 17.3. The lowest BCUT2D eigenvalue weighted by Gasteiger charge is -2.10. The van der Waals surface area contributed by atoms with Crippen molar-refractivity contribution in [2.24, 2.45) is 5.10 Å². The van der Waals surface area contributed by atoms with Gasteiger partial charge < -0.3 is 4.74 Å². The molecule has 1 N–H and O–H groups in total. The van der Waals surface area contributed by atoms with Crippen LogP contribution in [0.25, 0.3) is 0 Å². The molecule has 0 amide bonds. The maximum atomic E-state index is 12.1. The Morgan fingerprint density at radius 3 is 2.48 bits per heavy atom. The molecule has 122 valence electrons. The number of nitrogens with zero attached hydrogens (tertiary/aromatic N) is 1. The maximum Gasteiger partial charge on any atom is 0.276 e. The third-order valence-corrected chi connectivity index (χ3v) is 4.21. The van der Waals surface area contributed by atoms with Crippen molar-refractivity contribution in [2.45, 2.75) is 24.8 Å². The number of hydrogen-bond donors (Lipinski definition) is 1. The van der Waals surface area contributed by atoms with Gasteiger partial charge in [-0.2, -0.15) is 13.5 Å². The summed E-state index contributed by atoms with van der Waals surface area (Å²) in [6, 6.07) is 13.1. The van der Waals surface area contributed by atoms with Gasteiger partial charge in [0, 0.05) is 5.02 Å². The molecule has 0 fully saturated rings. The molecule has 23 heavy (non-hydrogen) atoms. The van der Waals surface area contributed by atoms with Crippen LogP contribution >= 0.6 is 11.6 Å². The van der Waals surface area contributed by atoms with Crippen LogP contribution in [0.2, 0.25) is 5.02 Å². The van der Waals surface area contributed by atoms with Crippen molar-refractivity contribution < 1.29 is 13.2 Å². The van der Waals surface area contributed by atoms with E-state index in [9.17, 15) is 8.42 Å². The summed E-state index contributed by atoms with van der Waals surface area (Å²) in [5.74, 6) is 0.612. The Hall–Kier alpha value is -2.05. The lowest BCUT2D eigenvalue weighted by molar-refractivity contribution is 0.242. The Balaban J connectivity index is 2.06. The van der Waals surface area contributed by atoms with Gasteiger partial charge in [0.25, 0.3) is 10.0 Å². The van der Waals surface area contributed by atoms with Crippen LogP contribution in [-0.2, 0) is 10.0 Å². The molecule has 0 aromatic heterocycles. The number of hydrazone groups is 1. The highest BCUT2D eigenvalue weighted by molar-refractivity contribution is 7.89. The van der Waals surface area contributed by atoms with Crippen molar-refractivity contribution in [3.63, 3.8) is 0 Å². The highest BCUT2D eigenvalue weighted by atomic mass is 35.5. The summed E-state index contributed by atoms with van der Waals surface area (Å²) in [6.07, 6.45) is 1.41. The van der Waals surface area contributed by atoms with Crippen molar-refractivity contribution in [2.75, 3.05) is 0 Å². The number of benzene rings is 2. The zero-order valence-electron chi connectivity index (χ0n) is 12.7. The highest BCUT2D eigenvalue weighted by Gasteiger charge is 2.12. The second kappa shape index (κ2) is 7.48. The van der Waals surface area contributed by atoms with Crippen molar-refractivity contribution in [1.82, 2.24) is 4.83 Å². The molecule has 2 rings (SSSR count). The highest BCUT2D eigenvalue weighted by Crippen LogP contribution is 2.17. The van der Waals surface area contributed by atoms with Crippen LogP contribution in [0.5, 0.6) is 5.75 Å². The molecule has 2 aromatic carbocycles. The zero-order chi connectivity index (χ0) is 16.9. The van der Waals surface area contributed by atoms with Crippen LogP contribution in [0, 0.1) is 0 Å². The van der Waals surface area contributed by atoms with Gasteiger partial charge in [-0.1, -0.05) is 23.7 Å². The van der Waals surface area contributed by atoms with E-state index in [0.29, 0.717) is 16.3 Å². The molecule has 0 atom stereocenters. The molecule has 0 bridgehead atoms. The third kappa shape index (κ3) is 5.26. The van der Waals surface area contributed by atoms with Gasteiger partial charge in [0.2, 0.25) is 0 Å². The summed E-state index contributed by atoms with van der Waals surface area (Å²) in [6.45, 7) is 3.80. The molecule has 0 aliphatic heterocycles. The molecule has 0 unspecified atom stereocenters. The van der Waals surface area contributed by atoms with Crippen molar-refractivity contribution in [1.29, 1.82) is 0 Å². The van der Waals surface area contributed by atoms with Crippen LogP contribution in [0.3, 0.4) is 0 Å². The molecule has 0 aliphatic carbocycles. The van der Waals surface area contributed by atoms with Gasteiger partial charge in [-0.15, -0.1) is 0 Å². The molecule has 0 spiro atoms. The average Bonchev–Trinajstić information content (AvgIpc) is 2.47. The van der Waals surface area contributed by atoms with Crippen LogP contribution < -0.4 is 9.57 Å². The van der Waals surface area contributed by atoms with Crippen molar-refractivity contribution in [3.8, 4) is 5.75 Å². The van der Waals surface area contributed by atoms with Crippen LogP contribution in [0.4, 0.5) is 0 Å². The Kier molecular flexibility index (Phi) is 5.63. The van der Waals surface area contributed by atoms with E-state index in [1.54, 1.807) is 36.4 Å². The summed E-state index contributed by atoms with van der Waals surface area (Å²) in [5.41, 5.74) is 0.695. The van der Waals surface area contributed by atoms with E-state index in [0.717, 1.165) is 0 Å². The number of nitrogens with one attached hydrogen (secondary N) is 1. The quantitative estimate of drug-likeness (QED) is 0.639. The predicted molar refractivity (Wildman–Crippen MR) is 91.6 cm³/mol. The zero-order valence-corrected chi connectivity index (χ0v) is 14.3. The van der Waals surface area contributed by atoms with Gasteiger partial charge in [0.1, 0.15) is 5.75 Å². The molecule has 2 aromatic rings. The molecule has 0 heterocycles. The Morgan fingerprint density at radius 1 is 1.17 bits per heavy atom. The summed E-state index contributed by atoms with van der Waals surface area (Å²) in [5, 5.41) is 4.30. The lowest BCUT2D eigenvalue weighted by atomic mass is 10.2. The van der Waals surface area contributed by atoms with E-state index in [1.165, 1.54) is 18.3 Å². The molecular formula is C16H17ClN2O3S. The smallest absolute Gasteiger partial charge is 0.276 e. The van der Waals surface area contributed by atoms with Gasteiger partial charge in [-0.3, -0.25) is 0 Å². The first-order valence-electron chi connectivity index (χ1n) is 6.94. The molecule has 0 saturated carbocycles. The fourth-order valence-electron chi connectivity index (χ4n) is 1.78. The molecule has 0 aliphatic rings. The van der Waals surface area contributed by atoms with Gasteiger partial charge in [-0.25, -0.2) is 4.83 Å². The van der Waals surface area contributed by atoms with Gasteiger partial charge in [-0.05, 0) is 55.8 Å². The van der Waals surface area contributed by atoms with E-state index >= 15 is 0 Å². The van der Waals surface area contributed by atoms with Crippen molar-refractivity contribution in [3.05, 3.63) is 59.1 Å². The Morgan fingerprint density at radius 2 is 1.87 bits per heavy atom. The molecule has 0 radical (unpaired) electrons. The number of sulfonamides is 1. The van der Waals surface area contributed by atoms with E-state index in [4.69, 9.17) is 16.3 Å². The molecule has 0 saturated heterocycles. The fraction of sp³-hybridized carbons (Fsp3) is 0.188. The summed E-state index contributed by atoms with van der Waals surface area (Å²) >= 11 is 5.85. The second-order valence-electron chi connectivity index (χ2n) is 5.05. The van der Waals surface area contributed by atoms with Crippen LogP contribution in [-0.4, -0.2) is 20.7 Å². The first-order valence-corrected chi connectivity index (χ1v) is 8.80. The lowest BCUT2D eigenvalue weighted by Crippen LogP contribution is -2.18. The second-order valence-corrected chi connectivity index (χ2v) is 7.14. The Bertz CT molecular complexity index is 787. The topological polar surface area (TPSA) is 67.8 Å². The molecule has 5 nitrogen and oxygen atoms in total. The minimum absolute atomic E-state index is 0.0258. The van der Waals surface area contributed by atoms with Gasteiger partial charge >= 0.3 is 0 Å². The monoisotopic (exact) mass is 352 g/mol. The average molecular weight is 353 g/mol. The largest absolute Gasteiger partial charge is 0.491 e. The summed E-state index contributed by atoms with van der Waals surface area (Å²) in [4.78, 5) is 2.27. The number of rotatable bonds is 6. The minimum Gasteiger partial charge on any atom is -0.491 e. The standard InChI is InChI=1S/C16H17ClN2O3S/c1-12(2)22-15-6-8-16(9-7-15)23(20,21)19-18-11-13-4-3-5-14(17)10-13/h3-12,19H,1-2H3/b18-11+. The van der Waals surface area contributed by atoms with Gasteiger partial charge in [0.15, 0.2) is 0 Å². The number of hydrogen-bond acceptors (Lipinski definition) is 4. The van der Waals surface area contributed by atoms with E-state index in [-0.39, 0.29) is 11.0 Å². The maximum absolute atomic E-state index is 12.1. The normalized spacial score (nSPS) is 11.8. The minimum atomic E-state index is -3.72. The SMILES string of the molecule is CC(C)Oc1ccc(S(=O)(=O)N/N=C/c2cccc(Cl)c2)cc1. The van der Waals surface area contributed by atoms with Crippen molar-refractivity contribution >= 4 is 27.8 Å². The van der Waals surface area contributed by atoms with E-state index < -0.39 is 10.0 Å². The van der Waals surface area contributed by atoms with E-state index in [1.807, 2.05) is 13.8 Å². The predicted octanol–water partition coefficient (Wildman–Crippen LogP) is 3.44. The summed E-state index contributed by atoms with van der Waals surface area (Å²) < 4.78 is 29.7. The summed E-state index contributed by atoms with van der Waals surface area (Å²) in [7, 11) is -3.72. The van der Waals surface area contributed by atoms with E-state index in [2.05, 4.69) is 9.93 Å². The molecule has 7 heteroatoms. The van der Waals surface area contributed by atoms with Crippen LogP contribution in [0.1, 0.15) is 19.4 Å². The fourth-order valence-corrected chi connectivity index (χ4v) is 2.77. The third-order valence-electron chi connectivity index (χ3n) is 2.74.